The number of anilines is 1. The van der Waals surface area contributed by atoms with E-state index in [1.54, 1.807) is 62.3 Å². The van der Waals surface area contributed by atoms with Gasteiger partial charge in [-0.3, -0.25) is 9.69 Å². The van der Waals surface area contributed by atoms with Crippen molar-refractivity contribution in [1.29, 1.82) is 0 Å². The molecule has 0 atom stereocenters. The van der Waals surface area contributed by atoms with E-state index in [9.17, 15) is 9.82 Å². The van der Waals surface area contributed by atoms with E-state index in [4.69, 9.17) is 100 Å². The minimum absolute atomic E-state index is 0.0771. The summed E-state index contributed by atoms with van der Waals surface area (Å²) in [6, 6.07) is 18.8. The minimum Gasteiger partial charge on any atom is -0.508 e. The number of hydrogen-bond acceptors (Lipinski definition) is 12. The van der Waals surface area contributed by atoms with Crippen LogP contribution in [-0.2, 0) is 11.3 Å². The molecule has 0 aliphatic carbocycles. The van der Waals surface area contributed by atoms with Crippen LogP contribution in [0.15, 0.2) is 72.9 Å². The predicted molar refractivity (Wildman–Crippen MR) is 278 cm³/mol. The number of likely N-dealkylation sites (tertiary alicyclic amines) is 2. The summed E-state index contributed by atoms with van der Waals surface area (Å²) in [5, 5.41) is 39.7. The summed E-state index contributed by atoms with van der Waals surface area (Å²) in [7, 11) is -0.737. The lowest BCUT2D eigenvalue weighted by Gasteiger charge is -2.37. The van der Waals surface area contributed by atoms with Crippen molar-refractivity contribution in [3.8, 4) is 17.2 Å². The summed E-state index contributed by atoms with van der Waals surface area (Å²) < 4.78 is 11.9. The Balaban J connectivity index is 0.000000195. The van der Waals surface area contributed by atoms with Gasteiger partial charge in [0.05, 0.1) is 6.10 Å². The van der Waals surface area contributed by atoms with Crippen LogP contribution in [0, 0.1) is 5.92 Å². The van der Waals surface area contributed by atoms with E-state index in [2.05, 4.69) is 9.88 Å². The lowest BCUT2D eigenvalue weighted by Crippen LogP contribution is -2.46. The van der Waals surface area contributed by atoms with Crippen molar-refractivity contribution >= 4 is 95.4 Å². The molecule has 4 aliphatic rings. The molecular weight excluding hydrogens is 995 g/mol. The number of aliphatic hydroxyl groups is 1. The van der Waals surface area contributed by atoms with Gasteiger partial charge < -0.3 is 50.0 Å². The van der Waals surface area contributed by atoms with Crippen LogP contribution in [0.3, 0.4) is 0 Å². The van der Waals surface area contributed by atoms with Crippen LogP contribution in [0.1, 0.15) is 56.9 Å². The average molecular weight is 1060 g/mol. The number of amides is 1. The molecular formula is C47H62B2Cl6N6O7. The second kappa shape index (κ2) is 28.2. The van der Waals surface area contributed by atoms with Gasteiger partial charge in [-0.05, 0) is 164 Å². The molecule has 370 valence electrons. The highest BCUT2D eigenvalue weighted by molar-refractivity contribution is 6.45. The zero-order valence-electron chi connectivity index (χ0n) is 38.5. The molecule has 4 aromatic rings. The van der Waals surface area contributed by atoms with Crippen LogP contribution in [0.5, 0.6) is 17.2 Å². The van der Waals surface area contributed by atoms with E-state index in [0.29, 0.717) is 47.5 Å². The van der Waals surface area contributed by atoms with Gasteiger partial charge in [0.1, 0.15) is 35.3 Å². The monoisotopic (exact) mass is 1050 g/mol. The number of nitrogen functional groups attached to an aromatic ring is 1. The van der Waals surface area contributed by atoms with Crippen LogP contribution >= 0.6 is 69.6 Å². The molecule has 0 radical (unpaired) electrons. The molecule has 0 unspecified atom stereocenters. The van der Waals surface area contributed by atoms with E-state index in [1.807, 2.05) is 26.7 Å². The molecule has 6 N–H and O–H groups in total. The van der Waals surface area contributed by atoms with Crippen LogP contribution in [0.25, 0.3) is 0 Å². The van der Waals surface area contributed by atoms with Crippen molar-refractivity contribution in [2.45, 2.75) is 89.9 Å². The van der Waals surface area contributed by atoms with E-state index in [1.165, 1.54) is 17.7 Å². The van der Waals surface area contributed by atoms with E-state index in [-0.39, 0.29) is 50.0 Å². The Morgan fingerprint density at radius 1 is 0.632 bits per heavy atom. The average Bonchev–Trinajstić information content (AvgIpc) is 3.27. The Hall–Kier alpha value is -2.89. The Morgan fingerprint density at radius 3 is 1.46 bits per heavy atom. The number of aliphatic hydroxyl groups excluding tert-OH is 1. The van der Waals surface area contributed by atoms with Gasteiger partial charge in [0.15, 0.2) is 0 Å². The van der Waals surface area contributed by atoms with Crippen molar-refractivity contribution in [2.75, 3.05) is 58.1 Å². The standard InChI is InChI=1S/C23H28Cl2N4O2.C12H16BCl2NO2.C6H14BNO2.C6H4Cl2O/c24-18-12-19(25)14-21(13-18)31-20-4-9-29(10-5-20)23(30)17-2-7-28(8-3-17)15-16-1-6-27-22(26)11-16;1-13(17)16-4-2-11(3-5-16)18-12-7-9(14)6-10(15)8-12;1-7(10)8-4-2-6(9)3-5-8;7-4-1-5(8)3-6(9)2-4/h1,6,11-14,17,20H,2-5,7-10,15H2,(H2,26,27);6-8,11,17H,2-5H2,1H3;6,9-10H,2-5H2,1H3;1-3,9H. The Kier molecular flexibility index (Phi) is 23.3. The Morgan fingerprint density at radius 2 is 1.04 bits per heavy atom. The molecule has 3 aromatic carbocycles. The molecule has 21 heteroatoms. The van der Waals surface area contributed by atoms with Gasteiger partial charge in [-0.25, -0.2) is 4.98 Å². The van der Waals surface area contributed by atoms with Gasteiger partial charge in [0.2, 0.25) is 5.91 Å². The summed E-state index contributed by atoms with van der Waals surface area (Å²) >= 11 is 35.0. The number of carbonyl (C=O) groups excluding carboxylic acids is 1. The van der Waals surface area contributed by atoms with Crippen molar-refractivity contribution in [3.63, 3.8) is 0 Å². The molecule has 13 nitrogen and oxygen atoms in total. The number of phenols is 1. The second-order valence-corrected chi connectivity index (χ2v) is 20.1. The molecule has 4 fully saturated rings. The third-order valence-corrected chi connectivity index (χ3v) is 13.4. The van der Waals surface area contributed by atoms with E-state index >= 15 is 0 Å². The molecule has 1 amide bonds. The smallest absolute Gasteiger partial charge is 0.376 e. The molecule has 0 spiro atoms. The normalized spacial score (nSPS) is 18.0. The summed E-state index contributed by atoms with van der Waals surface area (Å²) in [5.41, 5.74) is 6.94. The fourth-order valence-corrected chi connectivity index (χ4v) is 9.91. The number of hydrogen-bond donors (Lipinski definition) is 5. The molecule has 0 saturated carbocycles. The first-order valence-corrected chi connectivity index (χ1v) is 25.3. The number of phenolic OH excluding ortho intramolecular Hbond substituents is 1. The number of ether oxygens (including phenoxy) is 2. The molecule has 4 aliphatic heterocycles. The molecule has 0 bridgehead atoms. The van der Waals surface area contributed by atoms with Crippen molar-refractivity contribution in [1.82, 2.24) is 24.4 Å². The highest BCUT2D eigenvalue weighted by atomic mass is 35.5. The summed E-state index contributed by atoms with van der Waals surface area (Å²) in [6.07, 6.45) is 8.66. The van der Waals surface area contributed by atoms with Gasteiger partial charge in [-0.15, -0.1) is 0 Å². The van der Waals surface area contributed by atoms with Gasteiger partial charge in [-0.1, -0.05) is 69.6 Å². The third-order valence-electron chi connectivity index (χ3n) is 12.1. The maximum absolute atomic E-state index is 13.0. The fraction of sp³-hybridized carbons (Fsp3) is 0.489. The van der Waals surface area contributed by atoms with Crippen molar-refractivity contribution < 1.29 is 34.5 Å². The molecule has 1 aromatic heterocycles. The van der Waals surface area contributed by atoms with Crippen LogP contribution < -0.4 is 15.2 Å². The highest BCUT2D eigenvalue weighted by Crippen LogP contribution is 2.30. The topological polar surface area (TPSA) is 168 Å². The Labute approximate surface area is 431 Å². The van der Waals surface area contributed by atoms with E-state index < -0.39 is 0 Å². The molecule has 8 rings (SSSR count). The number of carbonyl (C=O) groups is 1. The number of benzene rings is 3. The molecule has 5 heterocycles. The maximum atomic E-state index is 13.0. The first kappa shape index (κ1) is 56.0. The van der Waals surface area contributed by atoms with Crippen molar-refractivity contribution in [3.05, 3.63) is 109 Å². The third kappa shape index (κ3) is 19.7. The van der Waals surface area contributed by atoms with Gasteiger partial charge in [0, 0.05) is 74.7 Å². The Bertz CT molecular complexity index is 2090. The quantitative estimate of drug-likeness (QED) is 0.101. The first-order chi connectivity index (χ1) is 32.4. The lowest BCUT2D eigenvalue weighted by atomic mass is 9.82. The molecule has 68 heavy (non-hydrogen) atoms. The van der Waals surface area contributed by atoms with Gasteiger partial charge >= 0.3 is 14.1 Å². The number of rotatable bonds is 9. The van der Waals surface area contributed by atoms with Crippen LogP contribution in [0.4, 0.5) is 5.82 Å². The number of pyridine rings is 1. The SMILES string of the molecule is CB(O)N1CCC(O)CC1.CB(O)N1CCC(Oc2cc(Cl)cc(Cl)c2)CC1.Nc1cc(CN2CCC(C(=O)N3CCC(Oc4cc(Cl)cc(Cl)c4)CC3)CC2)ccn1.Oc1cc(Cl)cc(Cl)c1. The first-order valence-electron chi connectivity index (χ1n) is 23.0. The summed E-state index contributed by atoms with van der Waals surface area (Å²) in [4.78, 5) is 25.5. The zero-order chi connectivity index (χ0) is 49.3. The van der Waals surface area contributed by atoms with Gasteiger partial charge in [-0.2, -0.15) is 0 Å². The lowest BCUT2D eigenvalue weighted by molar-refractivity contribution is -0.139. The van der Waals surface area contributed by atoms with Gasteiger partial charge in [0.25, 0.3) is 0 Å². The van der Waals surface area contributed by atoms with Crippen molar-refractivity contribution in [2.24, 2.45) is 5.92 Å². The number of aromatic nitrogens is 1. The number of aromatic hydroxyl groups is 1. The summed E-state index contributed by atoms with van der Waals surface area (Å²) in [5.74, 6) is 2.44. The highest BCUT2D eigenvalue weighted by Gasteiger charge is 2.32. The number of piperidine rings is 4. The largest absolute Gasteiger partial charge is 0.508 e. The van der Waals surface area contributed by atoms with E-state index in [0.717, 1.165) is 110 Å². The fourth-order valence-electron chi connectivity index (χ4n) is 8.39. The summed E-state index contributed by atoms with van der Waals surface area (Å²) in [6.45, 7) is 11.0. The molecule has 4 saturated heterocycles. The minimum atomic E-state index is -0.383. The zero-order valence-corrected chi connectivity index (χ0v) is 43.0. The second-order valence-electron chi connectivity index (χ2n) is 17.5. The number of nitrogens with two attached hydrogens (primary N) is 1. The maximum Gasteiger partial charge on any atom is 0.376 e. The number of halogens is 6. The number of nitrogens with zero attached hydrogens (tertiary/aromatic N) is 5. The predicted octanol–water partition coefficient (Wildman–Crippen LogP) is 9.45. The van der Waals surface area contributed by atoms with Crippen LogP contribution in [0.2, 0.25) is 43.8 Å². The van der Waals surface area contributed by atoms with Crippen LogP contribution in [-0.4, -0.2) is 135 Å².